The molecule has 0 saturated heterocycles. The molecule has 1 rings (SSSR count). The number of hydrogen-bond acceptors (Lipinski definition) is 5. The van der Waals surface area contributed by atoms with Gasteiger partial charge in [-0.3, -0.25) is 0 Å². The number of aryl methyl sites for hydroxylation is 1. The minimum Gasteiger partial charge on any atom is -0.214 e. The maximum Gasteiger partial charge on any atom is 0.369 e. The van der Waals surface area contributed by atoms with Crippen LogP contribution in [0.3, 0.4) is 0 Å². The van der Waals surface area contributed by atoms with E-state index in [0.29, 0.717) is 0 Å². The van der Waals surface area contributed by atoms with Gasteiger partial charge in [0.25, 0.3) is 5.16 Å². The van der Waals surface area contributed by atoms with E-state index in [1.807, 2.05) is 0 Å². The van der Waals surface area contributed by atoms with E-state index in [2.05, 4.69) is 15.5 Å². The van der Waals surface area contributed by atoms with Crippen LogP contribution >= 0.6 is 0 Å². The van der Waals surface area contributed by atoms with Crippen LogP contribution in [0.2, 0.25) is 0 Å². The largest absolute Gasteiger partial charge is 0.369 e. The summed E-state index contributed by atoms with van der Waals surface area (Å²) < 4.78 is 33.6. The first-order chi connectivity index (χ1) is 5.05. The SMILES string of the molecule is CCn1nnnc1S(=O)(=O)F. The number of tetrazole rings is 1. The van der Waals surface area contributed by atoms with Crippen molar-refractivity contribution in [1.29, 1.82) is 0 Å². The molecular weight excluding hydrogens is 175 g/mol. The maximum atomic E-state index is 12.2. The van der Waals surface area contributed by atoms with Gasteiger partial charge >= 0.3 is 10.2 Å². The molecule has 0 N–H and O–H groups in total. The van der Waals surface area contributed by atoms with Crippen LogP contribution in [0.5, 0.6) is 0 Å². The lowest BCUT2D eigenvalue weighted by Gasteiger charge is -1.93. The first kappa shape index (κ1) is 8.05. The lowest BCUT2D eigenvalue weighted by Crippen LogP contribution is -2.06. The van der Waals surface area contributed by atoms with Crippen LogP contribution in [-0.4, -0.2) is 28.6 Å². The van der Waals surface area contributed by atoms with Gasteiger partial charge in [0.05, 0.1) is 0 Å². The van der Waals surface area contributed by atoms with Gasteiger partial charge in [0.1, 0.15) is 0 Å². The van der Waals surface area contributed by atoms with E-state index in [9.17, 15) is 12.3 Å². The predicted octanol–water partition coefficient (Wildman–Crippen LogP) is -0.649. The first-order valence-corrected chi connectivity index (χ1v) is 4.15. The van der Waals surface area contributed by atoms with E-state index < -0.39 is 15.4 Å². The molecule has 11 heavy (non-hydrogen) atoms. The molecule has 0 saturated carbocycles. The van der Waals surface area contributed by atoms with Crippen molar-refractivity contribution in [2.24, 2.45) is 0 Å². The average Bonchev–Trinajstić information content (AvgIpc) is 2.31. The molecule has 6 nitrogen and oxygen atoms in total. The molecule has 0 atom stereocenters. The molecule has 8 heteroatoms. The molecule has 62 valence electrons. The zero-order valence-corrected chi connectivity index (χ0v) is 6.42. The van der Waals surface area contributed by atoms with Gasteiger partial charge in [0.15, 0.2) is 0 Å². The van der Waals surface area contributed by atoms with Crippen molar-refractivity contribution >= 4 is 10.2 Å². The van der Waals surface area contributed by atoms with E-state index in [1.165, 1.54) is 0 Å². The second-order valence-corrected chi connectivity index (χ2v) is 2.96. The molecule has 1 aromatic heterocycles. The van der Waals surface area contributed by atoms with Crippen LogP contribution in [0, 0.1) is 0 Å². The molecule has 1 heterocycles. The number of nitrogens with zero attached hydrogens (tertiary/aromatic N) is 4. The lowest BCUT2D eigenvalue weighted by molar-refractivity contribution is 0.510. The van der Waals surface area contributed by atoms with Gasteiger partial charge in [-0.1, -0.05) is 8.98 Å². The highest BCUT2D eigenvalue weighted by atomic mass is 32.3. The summed E-state index contributed by atoms with van der Waals surface area (Å²) in [5, 5.41) is 8.49. The summed E-state index contributed by atoms with van der Waals surface area (Å²) in [4.78, 5) is 0. The first-order valence-electron chi connectivity index (χ1n) is 2.76. The third-order valence-corrected chi connectivity index (χ3v) is 1.75. The van der Waals surface area contributed by atoms with Gasteiger partial charge in [0, 0.05) is 6.54 Å². The fraction of sp³-hybridized carbons (Fsp3) is 0.667. The van der Waals surface area contributed by atoms with E-state index in [-0.39, 0.29) is 6.54 Å². The van der Waals surface area contributed by atoms with Crippen molar-refractivity contribution in [3.8, 4) is 0 Å². The summed E-state index contributed by atoms with van der Waals surface area (Å²) in [6.45, 7) is 1.82. The monoisotopic (exact) mass is 180 g/mol. The summed E-state index contributed by atoms with van der Waals surface area (Å²) >= 11 is 0. The Bertz CT molecular complexity index is 344. The highest BCUT2D eigenvalue weighted by Gasteiger charge is 2.20. The van der Waals surface area contributed by atoms with Gasteiger partial charge in [-0.25, -0.2) is 4.68 Å². The maximum absolute atomic E-state index is 12.2. The van der Waals surface area contributed by atoms with Gasteiger partial charge in [-0.15, -0.1) is 0 Å². The molecule has 0 aliphatic heterocycles. The molecule has 0 fully saturated rings. The standard InChI is InChI=1S/C3H5FN4O2S/c1-2-8-3(5-6-7-8)11(4,9)10/h2H2,1H3. The molecule has 0 aromatic carbocycles. The van der Waals surface area contributed by atoms with Crippen LogP contribution in [0.4, 0.5) is 3.89 Å². The van der Waals surface area contributed by atoms with Gasteiger partial charge < -0.3 is 0 Å². The summed E-state index contributed by atoms with van der Waals surface area (Å²) in [6.07, 6.45) is 0. The van der Waals surface area contributed by atoms with Crippen molar-refractivity contribution in [2.45, 2.75) is 18.6 Å². The summed E-state index contributed by atoms with van der Waals surface area (Å²) in [7, 11) is -4.78. The summed E-state index contributed by atoms with van der Waals surface area (Å²) in [5.41, 5.74) is 0. The van der Waals surface area contributed by atoms with Crippen molar-refractivity contribution in [1.82, 2.24) is 20.2 Å². The van der Waals surface area contributed by atoms with Crippen molar-refractivity contribution in [2.75, 3.05) is 0 Å². The number of rotatable bonds is 2. The topological polar surface area (TPSA) is 77.7 Å². The van der Waals surface area contributed by atoms with E-state index >= 15 is 0 Å². The third-order valence-electron chi connectivity index (χ3n) is 1.02. The van der Waals surface area contributed by atoms with E-state index in [0.717, 1.165) is 4.68 Å². The smallest absolute Gasteiger partial charge is 0.214 e. The molecule has 0 amide bonds. The molecule has 0 unspecified atom stereocenters. The van der Waals surface area contributed by atoms with Crippen molar-refractivity contribution in [3.63, 3.8) is 0 Å². The van der Waals surface area contributed by atoms with E-state index in [1.54, 1.807) is 6.92 Å². The van der Waals surface area contributed by atoms with Crippen LogP contribution in [0.1, 0.15) is 6.92 Å². The average molecular weight is 180 g/mol. The summed E-state index contributed by atoms with van der Waals surface area (Å²) in [5.74, 6) is 0. The number of aromatic nitrogens is 4. The quantitative estimate of drug-likeness (QED) is 0.565. The predicted molar refractivity (Wildman–Crippen MR) is 31.8 cm³/mol. The third kappa shape index (κ3) is 1.50. The lowest BCUT2D eigenvalue weighted by atomic mass is 10.8. The Hall–Kier alpha value is -1.05. The van der Waals surface area contributed by atoms with Crippen molar-refractivity contribution in [3.05, 3.63) is 0 Å². The van der Waals surface area contributed by atoms with Gasteiger partial charge in [0.2, 0.25) is 0 Å². The van der Waals surface area contributed by atoms with Crippen LogP contribution in [0.15, 0.2) is 5.16 Å². The number of halogens is 1. The fourth-order valence-corrected chi connectivity index (χ4v) is 1.12. The van der Waals surface area contributed by atoms with Crippen LogP contribution in [-0.2, 0) is 16.8 Å². The van der Waals surface area contributed by atoms with Crippen LogP contribution < -0.4 is 0 Å². The molecule has 0 aliphatic rings. The second-order valence-electron chi connectivity index (χ2n) is 1.72. The Balaban J connectivity index is 3.24. The minimum atomic E-state index is -4.78. The Morgan fingerprint density at radius 3 is 2.64 bits per heavy atom. The Labute approximate surface area is 62.2 Å². The van der Waals surface area contributed by atoms with E-state index in [4.69, 9.17) is 0 Å². The Morgan fingerprint density at radius 2 is 2.27 bits per heavy atom. The second kappa shape index (κ2) is 2.53. The van der Waals surface area contributed by atoms with Crippen LogP contribution in [0.25, 0.3) is 0 Å². The Morgan fingerprint density at radius 1 is 1.64 bits per heavy atom. The molecule has 0 radical (unpaired) electrons. The zero-order chi connectivity index (χ0) is 8.48. The fourth-order valence-electron chi connectivity index (χ4n) is 0.570. The summed E-state index contributed by atoms with van der Waals surface area (Å²) in [6, 6.07) is 0. The minimum absolute atomic E-state index is 0.214. The molecule has 0 bridgehead atoms. The Kier molecular flexibility index (Phi) is 1.85. The molecule has 1 aromatic rings. The highest BCUT2D eigenvalue weighted by molar-refractivity contribution is 7.86. The van der Waals surface area contributed by atoms with Gasteiger partial charge in [-0.05, 0) is 17.4 Å². The normalized spacial score (nSPS) is 11.8. The molecule has 0 spiro atoms. The van der Waals surface area contributed by atoms with Crippen molar-refractivity contribution < 1.29 is 12.3 Å². The molecule has 0 aliphatic carbocycles. The van der Waals surface area contributed by atoms with Gasteiger partial charge in [-0.2, -0.15) is 8.42 Å². The molecular formula is C3H5FN4O2S. The number of hydrogen-bond donors (Lipinski definition) is 0. The zero-order valence-electron chi connectivity index (χ0n) is 5.60. The highest BCUT2D eigenvalue weighted by Crippen LogP contribution is 2.05.